The number of hydrogen-bond acceptors (Lipinski definition) is 8. The molecule has 9 nitrogen and oxygen atoms in total. The number of amides is 1. The van der Waals surface area contributed by atoms with Crippen molar-refractivity contribution in [2.45, 2.75) is 88.2 Å². The Morgan fingerprint density at radius 3 is 2.57 bits per heavy atom. The van der Waals surface area contributed by atoms with Crippen molar-refractivity contribution < 1.29 is 27.4 Å². The maximum Gasteiger partial charge on any atom is 0.264 e. The van der Waals surface area contributed by atoms with E-state index in [0.717, 1.165) is 75.2 Å². The van der Waals surface area contributed by atoms with Gasteiger partial charge in [-0.3, -0.25) is 4.79 Å². The van der Waals surface area contributed by atoms with Gasteiger partial charge in [0.05, 0.1) is 36.8 Å². The number of sulfonamides is 1. The van der Waals surface area contributed by atoms with Crippen LogP contribution in [0.25, 0.3) is 0 Å². The van der Waals surface area contributed by atoms with Crippen LogP contribution in [0.15, 0.2) is 36.4 Å². The normalized spacial score (nSPS) is 35.8. The lowest BCUT2D eigenvalue weighted by atomic mass is 9.64. The summed E-state index contributed by atoms with van der Waals surface area (Å²) in [6.07, 6.45) is 7.34. The molecule has 2 aromatic rings. The third-order valence-electron chi connectivity index (χ3n) is 11.8. The van der Waals surface area contributed by atoms with E-state index < -0.39 is 21.2 Å². The van der Waals surface area contributed by atoms with Gasteiger partial charge in [0.1, 0.15) is 5.75 Å². The highest BCUT2D eigenvalue weighted by molar-refractivity contribution is 7.90. The first kappa shape index (κ1) is 33.1. The zero-order valence-electron chi connectivity index (χ0n) is 27.5. The van der Waals surface area contributed by atoms with Crippen LogP contribution in [-0.2, 0) is 31.3 Å². The summed E-state index contributed by atoms with van der Waals surface area (Å²) in [7, 11) is -3.90. The van der Waals surface area contributed by atoms with E-state index in [1.54, 1.807) is 13.0 Å². The molecule has 2 bridgehead atoms. The summed E-state index contributed by atoms with van der Waals surface area (Å²) >= 11 is 6.45. The van der Waals surface area contributed by atoms with Gasteiger partial charge in [-0.1, -0.05) is 31.0 Å². The molecule has 2 aliphatic carbocycles. The molecule has 1 amide bonds. The quantitative estimate of drug-likeness (QED) is 0.408. The predicted octanol–water partition coefficient (Wildman–Crippen LogP) is 5.42. The number of hydrogen-bond donors (Lipinski definition) is 2. The van der Waals surface area contributed by atoms with Crippen molar-refractivity contribution in [3.05, 3.63) is 58.1 Å². The van der Waals surface area contributed by atoms with Crippen LogP contribution in [0.4, 0.5) is 5.69 Å². The number of anilines is 1. The van der Waals surface area contributed by atoms with E-state index in [9.17, 15) is 13.2 Å². The van der Waals surface area contributed by atoms with E-state index in [1.165, 1.54) is 11.1 Å². The van der Waals surface area contributed by atoms with Crippen LogP contribution in [0, 0.1) is 23.7 Å². The standard InChI is InChI=1S/C36H48ClN3O6S/c1-22-5-3-7-30(35-44-18-28(38)19-45-35)29-11-8-26(29)17-40-20-36(14-4-6-24-15-27(37)10-12-31(24)36)21-46-33-13-9-25(16-32(33)40)34(41)39-47(42,43)23(22)2/h9-10,12-13,15-16,22-23,26,28-30,35H,3-8,11,14,17-21,38H2,1-2H3,(H,39,41)/t22-,23+,26-,28-,29+,30-,35-,36-/m0/s1. The molecule has 2 aromatic carbocycles. The zero-order chi connectivity index (χ0) is 32.9. The van der Waals surface area contributed by atoms with Crippen molar-refractivity contribution in [2.75, 3.05) is 37.8 Å². The third kappa shape index (κ3) is 6.53. The summed E-state index contributed by atoms with van der Waals surface area (Å²) in [6.45, 7) is 6.65. The topological polar surface area (TPSA) is 120 Å². The largest absolute Gasteiger partial charge is 0.490 e. The summed E-state index contributed by atoms with van der Waals surface area (Å²) in [5, 5.41) is 0.0178. The Hall–Kier alpha value is -2.37. The molecule has 0 aromatic heterocycles. The van der Waals surface area contributed by atoms with Crippen molar-refractivity contribution in [3.8, 4) is 5.75 Å². The van der Waals surface area contributed by atoms with Crippen molar-refractivity contribution >= 4 is 33.2 Å². The van der Waals surface area contributed by atoms with Gasteiger partial charge in [0.15, 0.2) is 6.29 Å². The number of nitrogens with two attached hydrogens (primary N) is 1. The number of aryl methyl sites for hydroxylation is 1. The zero-order valence-corrected chi connectivity index (χ0v) is 29.0. The molecule has 3 aliphatic heterocycles. The number of nitrogens with zero attached hydrogens (tertiary/aromatic N) is 1. The number of fused-ring (bicyclic) bond motifs is 4. The fourth-order valence-corrected chi connectivity index (χ4v) is 10.3. The van der Waals surface area contributed by atoms with Crippen molar-refractivity contribution in [3.63, 3.8) is 0 Å². The van der Waals surface area contributed by atoms with Gasteiger partial charge < -0.3 is 24.8 Å². The number of nitrogens with one attached hydrogen (secondary N) is 1. The lowest BCUT2D eigenvalue weighted by molar-refractivity contribution is -0.229. The van der Waals surface area contributed by atoms with Crippen LogP contribution in [-0.4, -0.2) is 64.8 Å². The number of carbonyl (C=O) groups excluding carboxylic acids is 1. The summed E-state index contributed by atoms with van der Waals surface area (Å²) in [5.74, 6) is 0.960. The summed E-state index contributed by atoms with van der Waals surface area (Å²) < 4.78 is 48.3. The molecular formula is C36H48ClN3O6S. The molecule has 11 heteroatoms. The predicted molar refractivity (Wildman–Crippen MR) is 182 cm³/mol. The Labute approximate surface area is 283 Å². The SMILES string of the molecule is C[C@@H]1[C@@H](C)CCC[C@H]([C@H]2OC[C@H](N)CO2)[C@@H]2CC[C@H]2CN2C[C@@]3(CCCc4cc(Cl)ccc43)COc3ccc(cc32)C(=O)NS1(=O)=O. The van der Waals surface area contributed by atoms with Crippen molar-refractivity contribution in [2.24, 2.45) is 29.4 Å². The minimum atomic E-state index is -3.90. The number of halogens is 1. The number of ether oxygens (including phenoxy) is 3. The Morgan fingerprint density at radius 1 is 1.00 bits per heavy atom. The van der Waals surface area contributed by atoms with E-state index in [-0.39, 0.29) is 29.6 Å². The minimum Gasteiger partial charge on any atom is -0.490 e. The van der Waals surface area contributed by atoms with Crippen LogP contribution in [0.3, 0.4) is 0 Å². The maximum absolute atomic E-state index is 13.5. The Morgan fingerprint density at radius 2 is 1.81 bits per heavy atom. The Kier molecular flexibility index (Phi) is 9.28. The van der Waals surface area contributed by atoms with Gasteiger partial charge in [0, 0.05) is 35.0 Å². The van der Waals surface area contributed by atoms with Crippen molar-refractivity contribution in [1.29, 1.82) is 0 Å². The van der Waals surface area contributed by atoms with Crippen LogP contribution in [0.1, 0.15) is 80.3 Å². The van der Waals surface area contributed by atoms with Crippen LogP contribution in [0.2, 0.25) is 5.02 Å². The first-order valence-electron chi connectivity index (χ1n) is 17.4. The fourth-order valence-electron chi connectivity index (χ4n) is 8.75. The fraction of sp³-hybridized carbons (Fsp3) is 0.639. The molecule has 0 radical (unpaired) electrons. The molecule has 7 rings (SSSR count). The molecule has 1 saturated heterocycles. The number of benzene rings is 2. The first-order valence-corrected chi connectivity index (χ1v) is 19.3. The molecule has 1 spiro atoms. The van der Waals surface area contributed by atoms with E-state index in [2.05, 4.69) is 21.8 Å². The highest BCUT2D eigenvalue weighted by Crippen LogP contribution is 2.49. The van der Waals surface area contributed by atoms with Crippen LogP contribution in [0.5, 0.6) is 5.75 Å². The van der Waals surface area contributed by atoms with Gasteiger partial charge in [-0.15, -0.1) is 0 Å². The molecule has 1 saturated carbocycles. The summed E-state index contributed by atoms with van der Waals surface area (Å²) in [5.41, 5.74) is 9.56. The summed E-state index contributed by atoms with van der Waals surface area (Å²) in [6, 6.07) is 11.5. The number of rotatable bonds is 1. The molecule has 3 N–H and O–H groups in total. The Bertz CT molecular complexity index is 1600. The molecule has 3 heterocycles. The minimum absolute atomic E-state index is 0.122. The molecule has 6 atom stereocenters. The highest BCUT2D eigenvalue weighted by Gasteiger charge is 2.46. The first-order chi connectivity index (χ1) is 22.5. The van der Waals surface area contributed by atoms with Gasteiger partial charge in [-0.2, -0.15) is 0 Å². The van der Waals surface area contributed by atoms with Crippen molar-refractivity contribution in [1.82, 2.24) is 4.72 Å². The van der Waals surface area contributed by atoms with E-state index in [4.69, 9.17) is 31.5 Å². The highest BCUT2D eigenvalue weighted by atomic mass is 35.5. The maximum atomic E-state index is 13.5. The van der Waals surface area contributed by atoms with Crippen LogP contribution < -0.4 is 20.1 Å². The molecule has 0 unspecified atom stereocenters. The van der Waals surface area contributed by atoms with E-state index in [1.807, 2.05) is 25.1 Å². The van der Waals surface area contributed by atoms with Gasteiger partial charge >= 0.3 is 0 Å². The van der Waals surface area contributed by atoms with Gasteiger partial charge in [-0.25, -0.2) is 13.1 Å². The van der Waals surface area contributed by atoms with Gasteiger partial charge in [0.2, 0.25) is 10.0 Å². The second kappa shape index (κ2) is 13.2. The van der Waals surface area contributed by atoms with Crippen LogP contribution >= 0.6 is 11.6 Å². The number of carbonyl (C=O) groups is 1. The smallest absolute Gasteiger partial charge is 0.264 e. The van der Waals surface area contributed by atoms with E-state index in [0.29, 0.717) is 43.0 Å². The van der Waals surface area contributed by atoms with E-state index >= 15 is 0 Å². The van der Waals surface area contributed by atoms with Gasteiger partial charge in [-0.05, 0) is 111 Å². The third-order valence-corrected chi connectivity index (χ3v) is 14.0. The second-order valence-corrected chi connectivity index (χ2v) is 17.3. The molecule has 5 aliphatic rings. The summed E-state index contributed by atoms with van der Waals surface area (Å²) in [4.78, 5) is 15.9. The van der Waals surface area contributed by atoms with Gasteiger partial charge in [0.25, 0.3) is 5.91 Å². The second-order valence-electron chi connectivity index (χ2n) is 14.8. The lowest BCUT2D eigenvalue weighted by Gasteiger charge is -2.48. The average molecular weight is 686 g/mol. The monoisotopic (exact) mass is 685 g/mol. The molecule has 256 valence electrons. The molecular weight excluding hydrogens is 638 g/mol. The average Bonchev–Trinajstić information content (AvgIpc) is 3.18. The Balaban J connectivity index is 1.28. The molecule has 47 heavy (non-hydrogen) atoms. The molecule has 2 fully saturated rings. The lowest BCUT2D eigenvalue weighted by Crippen LogP contribution is -2.51.